The molecule has 1 saturated heterocycles. The van der Waals surface area contributed by atoms with Crippen LogP contribution in [0.1, 0.15) is 32.1 Å². The molecule has 0 saturated carbocycles. The van der Waals surface area contributed by atoms with Crippen LogP contribution in [0.5, 0.6) is 5.75 Å². The van der Waals surface area contributed by atoms with Gasteiger partial charge in [0.25, 0.3) is 0 Å². The number of nitrogens with zero attached hydrogens (tertiary/aromatic N) is 3. The van der Waals surface area contributed by atoms with Crippen molar-refractivity contribution in [1.29, 1.82) is 0 Å². The van der Waals surface area contributed by atoms with Crippen LogP contribution < -0.4 is 10.1 Å². The number of pyridine rings is 1. The van der Waals surface area contributed by atoms with Gasteiger partial charge < -0.3 is 19.9 Å². The summed E-state index contributed by atoms with van der Waals surface area (Å²) in [5.41, 5.74) is 4.24. The molecule has 1 aliphatic heterocycles. The standard InChI is InChI=1S/C28H38N4O.3ClH/c1-31(18-9-21-32-19-6-3-7-20-32)17-8-16-29-28-22-27(23-12-14-24(33-2)15-13-23)30-26-11-5-4-10-25(26)28;;;/h4-5,10-15,22H,3,6-9,16-21H2,1-2H3,(H,29,30);3*1H. The maximum Gasteiger partial charge on any atom is 0.118 e. The van der Waals surface area contributed by atoms with E-state index >= 15 is 0 Å². The molecule has 200 valence electrons. The van der Waals surface area contributed by atoms with Crippen LogP contribution in [0.3, 0.4) is 0 Å². The molecular weight excluding hydrogens is 515 g/mol. The van der Waals surface area contributed by atoms with E-state index in [1.54, 1.807) is 7.11 Å². The summed E-state index contributed by atoms with van der Waals surface area (Å²) in [7, 11) is 3.94. The highest BCUT2D eigenvalue weighted by Crippen LogP contribution is 2.29. The van der Waals surface area contributed by atoms with Crippen molar-refractivity contribution in [2.45, 2.75) is 32.1 Å². The molecule has 4 rings (SSSR count). The maximum atomic E-state index is 5.30. The smallest absolute Gasteiger partial charge is 0.118 e. The maximum absolute atomic E-state index is 5.30. The molecule has 0 bridgehead atoms. The van der Waals surface area contributed by atoms with Crippen LogP contribution in [0.15, 0.2) is 54.6 Å². The van der Waals surface area contributed by atoms with Crippen LogP contribution in [0.2, 0.25) is 0 Å². The van der Waals surface area contributed by atoms with Crippen LogP contribution in [-0.4, -0.2) is 68.2 Å². The van der Waals surface area contributed by atoms with Gasteiger partial charge in [-0.15, -0.1) is 37.2 Å². The first-order valence-electron chi connectivity index (χ1n) is 12.4. The average molecular weight is 556 g/mol. The Labute approximate surface area is 235 Å². The molecule has 5 nitrogen and oxygen atoms in total. The lowest BCUT2D eigenvalue weighted by atomic mass is 10.1. The fourth-order valence-electron chi connectivity index (χ4n) is 4.66. The van der Waals surface area contributed by atoms with E-state index in [1.807, 2.05) is 12.1 Å². The third kappa shape index (κ3) is 9.28. The zero-order valence-corrected chi connectivity index (χ0v) is 23.9. The summed E-state index contributed by atoms with van der Waals surface area (Å²) in [5, 5.41) is 4.85. The van der Waals surface area contributed by atoms with Crippen molar-refractivity contribution in [1.82, 2.24) is 14.8 Å². The second-order valence-electron chi connectivity index (χ2n) is 9.14. The Hall–Kier alpha value is -1.76. The summed E-state index contributed by atoms with van der Waals surface area (Å²) < 4.78 is 5.30. The molecule has 0 atom stereocenters. The van der Waals surface area contributed by atoms with Crippen LogP contribution in [0.4, 0.5) is 5.69 Å². The van der Waals surface area contributed by atoms with Gasteiger partial charge in [-0.25, -0.2) is 4.98 Å². The molecule has 0 unspecified atom stereocenters. The molecule has 1 N–H and O–H groups in total. The molecule has 0 radical (unpaired) electrons. The predicted octanol–water partition coefficient (Wildman–Crippen LogP) is 6.79. The minimum atomic E-state index is 0. The van der Waals surface area contributed by atoms with Gasteiger partial charge in [0.05, 0.1) is 18.3 Å². The number of ether oxygens (including phenoxy) is 1. The summed E-state index contributed by atoms with van der Waals surface area (Å²) in [6.45, 7) is 7.09. The zero-order valence-electron chi connectivity index (χ0n) is 21.4. The van der Waals surface area contributed by atoms with Crippen molar-refractivity contribution >= 4 is 53.8 Å². The second-order valence-corrected chi connectivity index (χ2v) is 9.14. The number of hydrogen-bond donors (Lipinski definition) is 1. The number of para-hydroxylation sites is 1. The highest BCUT2D eigenvalue weighted by molar-refractivity contribution is 5.93. The topological polar surface area (TPSA) is 40.6 Å². The Balaban J connectivity index is 0.00000216. The fraction of sp³-hybridized carbons (Fsp3) is 0.464. The number of fused-ring (bicyclic) bond motifs is 1. The van der Waals surface area contributed by atoms with E-state index in [0.717, 1.165) is 47.7 Å². The van der Waals surface area contributed by atoms with Gasteiger partial charge >= 0.3 is 0 Å². The lowest BCUT2D eigenvalue weighted by Gasteiger charge is -2.27. The third-order valence-corrected chi connectivity index (χ3v) is 6.60. The number of halogens is 3. The summed E-state index contributed by atoms with van der Waals surface area (Å²) in [4.78, 5) is 10.0. The molecule has 1 aromatic heterocycles. The molecule has 1 aliphatic rings. The van der Waals surface area contributed by atoms with Crippen molar-refractivity contribution in [2.75, 3.05) is 58.7 Å². The summed E-state index contributed by atoms with van der Waals surface area (Å²) in [6.07, 6.45) is 6.56. The van der Waals surface area contributed by atoms with E-state index in [0.29, 0.717) is 0 Å². The van der Waals surface area contributed by atoms with E-state index in [4.69, 9.17) is 9.72 Å². The SMILES string of the molecule is COc1ccc(-c2cc(NCCCN(C)CCCN3CCCCC3)c3ccccc3n2)cc1.Cl.Cl.Cl. The van der Waals surface area contributed by atoms with E-state index in [-0.39, 0.29) is 37.2 Å². The minimum Gasteiger partial charge on any atom is -0.497 e. The molecule has 36 heavy (non-hydrogen) atoms. The lowest BCUT2D eigenvalue weighted by molar-refractivity contribution is 0.212. The molecule has 0 spiro atoms. The van der Waals surface area contributed by atoms with Gasteiger partial charge in [0, 0.05) is 23.2 Å². The van der Waals surface area contributed by atoms with E-state index in [1.165, 1.54) is 57.2 Å². The molecule has 3 aromatic rings. The summed E-state index contributed by atoms with van der Waals surface area (Å²) in [6, 6.07) is 18.7. The molecular formula is C28H41Cl3N4O. The van der Waals surface area contributed by atoms with Gasteiger partial charge in [0.15, 0.2) is 0 Å². The van der Waals surface area contributed by atoms with E-state index < -0.39 is 0 Å². The summed E-state index contributed by atoms with van der Waals surface area (Å²) >= 11 is 0. The van der Waals surface area contributed by atoms with Gasteiger partial charge in [0.1, 0.15) is 5.75 Å². The summed E-state index contributed by atoms with van der Waals surface area (Å²) in [5.74, 6) is 0.859. The molecule has 8 heteroatoms. The zero-order chi connectivity index (χ0) is 22.9. The van der Waals surface area contributed by atoms with Gasteiger partial charge in [-0.2, -0.15) is 0 Å². The van der Waals surface area contributed by atoms with Crippen LogP contribution in [0, 0.1) is 0 Å². The van der Waals surface area contributed by atoms with Gasteiger partial charge in [-0.1, -0.05) is 24.6 Å². The molecule has 1 fully saturated rings. The lowest BCUT2D eigenvalue weighted by Crippen LogP contribution is -2.33. The number of anilines is 1. The van der Waals surface area contributed by atoms with Crippen molar-refractivity contribution < 1.29 is 4.74 Å². The van der Waals surface area contributed by atoms with Gasteiger partial charge in [-0.3, -0.25) is 0 Å². The quantitative estimate of drug-likeness (QED) is 0.264. The van der Waals surface area contributed by atoms with Gasteiger partial charge in [0.2, 0.25) is 0 Å². The average Bonchev–Trinajstić information content (AvgIpc) is 2.87. The van der Waals surface area contributed by atoms with Gasteiger partial charge in [-0.05, 0) is 102 Å². The Morgan fingerprint density at radius 3 is 2.33 bits per heavy atom. The number of nitrogens with one attached hydrogen (secondary N) is 1. The predicted molar refractivity (Wildman–Crippen MR) is 161 cm³/mol. The monoisotopic (exact) mass is 554 g/mol. The Morgan fingerprint density at radius 2 is 1.61 bits per heavy atom. The number of benzene rings is 2. The number of aromatic nitrogens is 1. The third-order valence-electron chi connectivity index (χ3n) is 6.60. The Kier molecular flexibility index (Phi) is 15.1. The van der Waals surface area contributed by atoms with Crippen molar-refractivity contribution in [2.24, 2.45) is 0 Å². The number of piperidine rings is 1. The highest BCUT2D eigenvalue weighted by atomic mass is 35.5. The first-order valence-corrected chi connectivity index (χ1v) is 12.4. The minimum absolute atomic E-state index is 0. The van der Waals surface area contributed by atoms with Crippen LogP contribution in [0.25, 0.3) is 22.2 Å². The number of rotatable bonds is 11. The van der Waals surface area contributed by atoms with Crippen LogP contribution in [-0.2, 0) is 0 Å². The first-order chi connectivity index (χ1) is 16.2. The highest BCUT2D eigenvalue weighted by Gasteiger charge is 2.10. The second kappa shape index (κ2) is 16.9. The van der Waals surface area contributed by atoms with E-state index in [9.17, 15) is 0 Å². The molecule has 0 amide bonds. The number of likely N-dealkylation sites (tertiary alicyclic amines) is 1. The van der Waals surface area contributed by atoms with E-state index in [2.05, 4.69) is 64.6 Å². The Morgan fingerprint density at radius 1 is 0.917 bits per heavy atom. The first kappa shape index (κ1) is 32.3. The number of hydrogen-bond acceptors (Lipinski definition) is 5. The van der Waals surface area contributed by atoms with Crippen molar-refractivity contribution in [3.05, 3.63) is 54.6 Å². The fourth-order valence-corrected chi connectivity index (χ4v) is 4.66. The normalized spacial score (nSPS) is 13.4. The number of methoxy groups -OCH3 is 1. The van der Waals surface area contributed by atoms with Crippen molar-refractivity contribution in [3.63, 3.8) is 0 Å². The molecule has 0 aliphatic carbocycles. The molecule has 2 heterocycles. The Bertz CT molecular complexity index is 1010. The van der Waals surface area contributed by atoms with Crippen LogP contribution >= 0.6 is 37.2 Å². The largest absolute Gasteiger partial charge is 0.497 e. The molecule has 2 aromatic carbocycles. The van der Waals surface area contributed by atoms with Crippen molar-refractivity contribution in [3.8, 4) is 17.0 Å².